The first-order chi connectivity index (χ1) is 10.6. The van der Waals surface area contributed by atoms with Crippen molar-refractivity contribution >= 4 is 5.91 Å². The number of hydrogen-bond acceptors (Lipinski definition) is 4. The second-order valence-electron chi connectivity index (χ2n) is 5.63. The molecule has 2 aromatic heterocycles. The number of likely N-dealkylation sites (tertiary alicyclic amines) is 1. The molecular formula is C16H19N5O. The summed E-state index contributed by atoms with van der Waals surface area (Å²) in [7, 11) is 1.92. The maximum atomic E-state index is 12.3. The average Bonchev–Trinajstić information content (AvgIpc) is 3.15. The monoisotopic (exact) mass is 297 g/mol. The first-order valence-corrected chi connectivity index (χ1v) is 7.34. The highest BCUT2D eigenvalue weighted by molar-refractivity contribution is 5.92. The lowest BCUT2D eigenvalue weighted by molar-refractivity contribution is -0.128. The molecule has 0 N–H and O–H groups in total. The fourth-order valence-electron chi connectivity index (χ4n) is 2.82. The third kappa shape index (κ3) is 2.52. The fraction of sp³-hybridized carbons (Fsp3) is 0.375. The molecule has 6 nitrogen and oxygen atoms in total. The van der Waals surface area contributed by atoms with Gasteiger partial charge in [-0.25, -0.2) is 9.97 Å². The van der Waals surface area contributed by atoms with Gasteiger partial charge in [0.2, 0.25) is 5.91 Å². The molecule has 1 amide bonds. The zero-order valence-electron chi connectivity index (χ0n) is 12.9. The molecular weight excluding hydrogens is 278 g/mol. The minimum absolute atomic E-state index is 0.00769. The predicted molar refractivity (Wildman–Crippen MR) is 82.7 cm³/mol. The number of aromatic nitrogens is 4. The van der Waals surface area contributed by atoms with Crippen molar-refractivity contribution in [3.05, 3.63) is 42.6 Å². The van der Waals surface area contributed by atoms with E-state index in [1.54, 1.807) is 25.5 Å². The summed E-state index contributed by atoms with van der Waals surface area (Å²) in [4.78, 5) is 27.4. The molecule has 1 saturated heterocycles. The Morgan fingerprint density at radius 1 is 1.41 bits per heavy atom. The van der Waals surface area contributed by atoms with Gasteiger partial charge in [0.1, 0.15) is 5.69 Å². The van der Waals surface area contributed by atoms with Crippen molar-refractivity contribution in [2.24, 2.45) is 7.05 Å². The van der Waals surface area contributed by atoms with Crippen LogP contribution in [0.5, 0.6) is 0 Å². The zero-order chi connectivity index (χ0) is 15.7. The first kappa shape index (κ1) is 14.4. The van der Waals surface area contributed by atoms with Crippen molar-refractivity contribution in [1.29, 1.82) is 0 Å². The molecule has 1 unspecified atom stereocenters. The molecule has 0 aliphatic carbocycles. The van der Waals surface area contributed by atoms with Gasteiger partial charge in [0.05, 0.1) is 24.1 Å². The number of aryl methyl sites for hydroxylation is 1. The quantitative estimate of drug-likeness (QED) is 0.814. The molecule has 2 aromatic rings. The van der Waals surface area contributed by atoms with E-state index in [0.29, 0.717) is 5.57 Å². The Bertz CT molecular complexity index is 721. The molecule has 0 saturated carbocycles. The second kappa shape index (κ2) is 5.71. The number of carbonyl (C=O) groups is 1. The Morgan fingerprint density at radius 3 is 2.91 bits per heavy atom. The van der Waals surface area contributed by atoms with Crippen LogP contribution in [0, 0.1) is 0 Å². The van der Waals surface area contributed by atoms with Crippen molar-refractivity contribution < 1.29 is 4.79 Å². The van der Waals surface area contributed by atoms with Crippen molar-refractivity contribution in [2.75, 3.05) is 6.54 Å². The van der Waals surface area contributed by atoms with Gasteiger partial charge in [-0.2, -0.15) is 0 Å². The van der Waals surface area contributed by atoms with Gasteiger partial charge in [-0.3, -0.25) is 9.78 Å². The lowest BCUT2D eigenvalue weighted by atomic mass is 10.1. The summed E-state index contributed by atoms with van der Waals surface area (Å²) in [6, 6.07) is -0.0306. The largest absolute Gasteiger partial charge is 0.333 e. The highest BCUT2D eigenvalue weighted by Crippen LogP contribution is 2.32. The van der Waals surface area contributed by atoms with E-state index in [9.17, 15) is 4.79 Å². The van der Waals surface area contributed by atoms with E-state index in [2.05, 4.69) is 21.5 Å². The average molecular weight is 297 g/mol. The van der Waals surface area contributed by atoms with Crippen molar-refractivity contribution in [1.82, 2.24) is 24.4 Å². The maximum Gasteiger partial charge on any atom is 0.249 e. The number of carbonyl (C=O) groups excluding carboxylic acids is 1. The van der Waals surface area contributed by atoms with Crippen LogP contribution in [0.2, 0.25) is 0 Å². The first-order valence-electron chi connectivity index (χ1n) is 7.34. The molecule has 3 heterocycles. The number of hydrogen-bond donors (Lipinski definition) is 0. The van der Waals surface area contributed by atoms with Crippen LogP contribution in [0.4, 0.5) is 0 Å². The topological polar surface area (TPSA) is 63.9 Å². The van der Waals surface area contributed by atoms with Crippen LogP contribution in [-0.4, -0.2) is 36.9 Å². The minimum atomic E-state index is -0.0306. The number of rotatable bonds is 3. The van der Waals surface area contributed by atoms with Gasteiger partial charge in [-0.05, 0) is 19.8 Å². The van der Waals surface area contributed by atoms with Gasteiger partial charge >= 0.3 is 0 Å². The summed E-state index contributed by atoms with van der Waals surface area (Å²) in [5, 5.41) is 0. The molecule has 0 aromatic carbocycles. The van der Waals surface area contributed by atoms with E-state index in [1.165, 1.54) is 0 Å². The van der Waals surface area contributed by atoms with E-state index >= 15 is 0 Å². The molecule has 1 fully saturated rings. The predicted octanol–water partition coefficient (Wildman–Crippen LogP) is 2.12. The van der Waals surface area contributed by atoms with Crippen molar-refractivity contribution in [3.8, 4) is 11.5 Å². The number of amides is 1. The molecule has 6 heteroatoms. The standard InChI is InChI=1S/C16H19N5O/c1-11(2)16(22)21-7-4-5-14(21)12-9-17-10-13(19-12)15-18-6-8-20(15)3/h6,8-10,14H,1,4-5,7H2,2-3H3. The molecule has 1 atom stereocenters. The Balaban J connectivity index is 1.93. The van der Waals surface area contributed by atoms with E-state index in [-0.39, 0.29) is 11.9 Å². The molecule has 1 aliphatic rings. The lowest BCUT2D eigenvalue weighted by Gasteiger charge is -2.24. The van der Waals surface area contributed by atoms with Crippen LogP contribution in [-0.2, 0) is 11.8 Å². The van der Waals surface area contributed by atoms with Crippen LogP contribution in [0.3, 0.4) is 0 Å². The molecule has 3 rings (SSSR count). The molecule has 0 bridgehead atoms. The van der Waals surface area contributed by atoms with E-state index in [4.69, 9.17) is 0 Å². The van der Waals surface area contributed by atoms with Crippen LogP contribution >= 0.6 is 0 Å². The summed E-state index contributed by atoms with van der Waals surface area (Å²) < 4.78 is 1.90. The third-order valence-corrected chi connectivity index (χ3v) is 3.92. The third-order valence-electron chi connectivity index (χ3n) is 3.92. The van der Waals surface area contributed by atoms with Gasteiger partial charge < -0.3 is 9.47 Å². The molecule has 22 heavy (non-hydrogen) atoms. The fourth-order valence-corrected chi connectivity index (χ4v) is 2.82. The SMILES string of the molecule is C=C(C)C(=O)N1CCCC1c1cncc(-c2nccn2C)n1. The highest BCUT2D eigenvalue weighted by Gasteiger charge is 2.31. The summed E-state index contributed by atoms with van der Waals surface area (Å²) >= 11 is 0. The normalized spacial score (nSPS) is 17.7. The smallest absolute Gasteiger partial charge is 0.249 e. The minimum Gasteiger partial charge on any atom is -0.333 e. The van der Waals surface area contributed by atoms with Gasteiger partial charge in [0, 0.05) is 31.6 Å². The zero-order valence-corrected chi connectivity index (χ0v) is 12.9. The van der Waals surface area contributed by atoms with Gasteiger partial charge in [0.25, 0.3) is 0 Å². The Morgan fingerprint density at radius 2 is 2.23 bits per heavy atom. The van der Waals surface area contributed by atoms with Gasteiger partial charge in [-0.15, -0.1) is 0 Å². The molecule has 1 aliphatic heterocycles. The number of imidazole rings is 1. The maximum absolute atomic E-state index is 12.3. The molecule has 0 radical (unpaired) electrons. The van der Waals surface area contributed by atoms with Crippen LogP contribution in [0.25, 0.3) is 11.5 Å². The van der Waals surface area contributed by atoms with E-state index < -0.39 is 0 Å². The second-order valence-corrected chi connectivity index (χ2v) is 5.63. The van der Waals surface area contributed by atoms with Crippen molar-refractivity contribution in [2.45, 2.75) is 25.8 Å². The lowest BCUT2D eigenvalue weighted by Crippen LogP contribution is -2.31. The van der Waals surface area contributed by atoms with Gasteiger partial charge in [0.15, 0.2) is 5.82 Å². The van der Waals surface area contributed by atoms with Crippen LogP contribution in [0.15, 0.2) is 36.9 Å². The van der Waals surface area contributed by atoms with Gasteiger partial charge in [-0.1, -0.05) is 6.58 Å². The van der Waals surface area contributed by atoms with Crippen molar-refractivity contribution in [3.63, 3.8) is 0 Å². The highest BCUT2D eigenvalue weighted by atomic mass is 16.2. The molecule has 114 valence electrons. The summed E-state index contributed by atoms with van der Waals surface area (Å²) in [6.45, 7) is 6.24. The Labute approximate surface area is 129 Å². The summed E-state index contributed by atoms with van der Waals surface area (Å²) in [5.41, 5.74) is 2.09. The van der Waals surface area contributed by atoms with Crippen LogP contribution < -0.4 is 0 Å². The Hall–Kier alpha value is -2.50. The van der Waals surface area contributed by atoms with E-state index in [0.717, 1.165) is 36.6 Å². The Kier molecular flexibility index (Phi) is 3.75. The number of nitrogens with zero attached hydrogens (tertiary/aromatic N) is 5. The van der Waals surface area contributed by atoms with Crippen LogP contribution in [0.1, 0.15) is 31.5 Å². The summed E-state index contributed by atoms with van der Waals surface area (Å²) in [6.07, 6.45) is 8.91. The van der Waals surface area contributed by atoms with E-state index in [1.807, 2.05) is 22.7 Å². The summed E-state index contributed by atoms with van der Waals surface area (Å²) in [5.74, 6) is 0.761. The molecule has 0 spiro atoms.